The van der Waals surface area contributed by atoms with Gasteiger partial charge in [0, 0.05) is 23.0 Å². The SMILES string of the molecule is NC1=NC=C(CCCCOCc2cc(F)cc(Br)c2)CS1. The van der Waals surface area contributed by atoms with Crippen molar-refractivity contribution in [2.24, 2.45) is 10.7 Å². The highest BCUT2D eigenvalue weighted by molar-refractivity contribution is 9.10. The van der Waals surface area contributed by atoms with E-state index in [4.69, 9.17) is 10.5 Å². The fraction of sp³-hybridized carbons (Fsp3) is 0.400. The quantitative estimate of drug-likeness (QED) is 0.728. The molecule has 6 heteroatoms. The van der Waals surface area contributed by atoms with E-state index in [0.29, 0.717) is 18.4 Å². The van der Waals surface area contributed by atoms with Gasteiger partial charge in [-0.1, -0.05) is 27.7 Å². The van der Waals surface area contributed by atoms with Crippen LogP contribution in [0.25, 0.3) is 0 Å². The van der Waals surface area contributed by atoms with Crippen LogP contribution in [-0.2, 0) is 11.3 Å². The van der Waals surface area contributed by atoms with E-state index in [-0.39, 0.29) is 5.82 Å². The summed E-state index contributed by atoms with van der Waals surface area (Å²) in [5.41, 5.74) is 7.75. The van der Waals surface area contributed by atoms with E-state index in [0.717, 1.165) is 35.1 Å². The molecule has 1 aliphatic rings. The molecule has 1 aliphatic heterocycles. The summed E-state index contributed by atoms with van der Waals surface area (Å²) in [7, 11) is 0. The van der Waals surface area contributed by atoms with Gasteiger partial charge in [-0.05, 0) is 48.6 Å². The molecule has 0 spiro atoms. The van der Waals surface area contributed by atoms with Gasteiger partial charge in [0.1, 0.15) is 5.82 Å². The normalized spacial score (nSPS) is 14.8. The monoisotopic (exact) mass is 372 g/mol. The lowest BCUT2D eigenvalue weighted by molar-refractivity contribution is 0.117. The van der Waals surface area contributed by atoms with E-state index in [1.807, 2.05) is 12.3 Å². The lowest BCUT2D eigenvalue weighted by Crippen LogP contribution is -2.10. The predicted molar refractivity (Wildman–Crippen MR) is 89.8 cm³/mol. The third-order valence-corrected chi connectivity index (χ3v) is 4.38. The highest BCUT2D eigenvalue weighted by atomic mass is 79.9. The lowest BCUT2D eigenvalue weighted by Gasteiger charge is -2.10. The number of thioether (sulfide) groups is 1. The van der Waals surface area contributed by atoms with Crippen molar-refractivity contribution in [3.8, 4) is 0 Å². The molecule has 0 saturated heterocycles. The first-order chi connectivity index (χ1) is 10.1. The molecule has 21 heavy (non-hydrogen) atoms. The number of rotatable bonds is 7. The van der Waals surface area contributed by atoms with Crippen molar-refractivity contribution in [1.82, 2.24) is 0 Å². The molecule has 0 bridgehead atoms. The second-order valence-electron chi connectivity index (χ2n) is 4.83. The van der Waals surface area contributed by atoms with Crippen LogP contribution < -0.4 is 5.73 Å². The molecular formula is C15H18BrFN2OS. The van der Waals surface area contributed by atoms with Crippen LogP contribution in [0.2, 0.25) is 0 Å². The van der Waals surface area contributed by atoms with Crippen LogP contribution in [0, 0.1) is 5.82 Å². The average Bonchev–Trinajstić information content (AvgIpc) is 2.43. The minimum absolute atomic E-state index is 0.246. The summed E-state index contributed by atoms with van der Waals surface area (Å²) in [4.78, 5) is 4.11. The van der Waals surface area contributed by atoms with E-state index in [9.17, 15) is 4.39 Å². The first-order valence-electron chi connectivity index (χ1n) is 6.80. The van der Waals surface area contributed by atoms with Crippen molar-refractivity contribution >= 4 is 32.9 Å². The number of ether oxygens (including phenoxy) is 1. The number of nitrogens with two attached hydrogens (primary N) is 1. The largest absolute Gasteiger partial charge is 0.378 e. The average molecular weight is 373 g/mol. The zero-order valence-electron chi connectivity index (χ0n) is 11.6. The molecule has 0 saturated carbocycles. The molecular weight excluding hydrogens is 355 g/mol. The van der Waals surface area contributed by atoms with E-state index >= 15 is 0 Å². The van der Waals surface area contributed by atoms with E-state index in [2.05, 4.69) is 20.9 Å². The number of hydrogen-bond donors (Lipinski definition) is 1. The zero-order chi connectivity index (χ0) is 15.1. The van der Waals surface area contributed by atoms with Gasteiger partial charge in [0.25, 0.3) is 0 Å². The Morgan fingerprint density at radius 1 is 1.33 bits per heavy atom. The summed E-state index contributed by atoms with van der Waals surface area (Å²) in [6.07, 6.45) is 4.95. The molecule has 0 aromatic heterocycles. The van der Waals surface area contributed by atoms with Gasteiger partial charge in [-0.15, -0.1) is 0 Å². The van der Waals surface area contributed by atoms with E-state index < -0.39 is 0 Å². The molecule has 2 N–H and O–H groups in total. The van der Waals surface area contributed by atoms with Crippen LogP contribution in [0.1, 0.15) is 24.8 Å². The Hall–Kier alpha value is -0.850. The molecule has 0 fully saturated rings. The summed E-state index contributed by atoms with van der Waals surface area (Å²) in [6.45, 7) is 1.12. The number of unbranched alkanes of at least 4 members (excludes halogenated alkanes) is 1. The van der Waals surface area contributed by atoms with Gasteiger partial charge in [0.2, 0.25) is 0 Å². The standard InChI is InChI=1S/C15H18BrFN2OS/c16-13-5-12(6-14(17)7-13)9-20-4-2-1-3-11-8-19-15(18)21-10-11/h5-8H,1-4,9-10H2,(H2,18,19). The Morgan fingerprint density at radius 2 is 2.19 bits per heavy atom. The molecule has 0 aliphatic carbocycles. The number of hydrogen-bond acceptors (Lipinski definition) is 4. The van der Waals surface area contributed by atoms with Gasteiger partial charge in [0.15, 0.2) is 5.17 Å². The smallest absolute Gasteiger partial charge is 0.158 e. The molecule has 0 unspecified atom stereocenters. The van der Waals surface area contributed by atoms with Crippen LogP contribution in [0.15, 0.2) is 39.4 Å². The van der Waals surface area contributed by atoms with Gasteiger partial charge < -0.3 is 10.5 Å². The first kappa shape index (κ1) is 16.5. The molecule has 1 aromatic carbocycles. The van der Waals surface area contributed by atoms with Crippen molar-refractivity contribution in [3.05, 3.63) is 45.8 Å². The lowest BCUT2D eigenvalue weighted by atomic mass is 10.1. The maximum absolute atomic E-state index is 13.2. The Kier molecular flexibility index (Phi) is 6.73. The molecule has 0 radical (unpaired) electrons. The topological polar surface area (TPSA) is 47.6 Å². The number of benzene rings is 1. The zero-order valence-corrected chi connectivity index (χ0v) is 14.1. The van der Waals surface area contributed by atoms with E-state index in [1.54, 1.807) is 11.8 Å². The number of aliphatic imine (C=N–C) groups is 1. The molecule has 1 heterocycles. The molecule has 3 nitrogen and oxygen atoms in total. The maximum Gasteiger partial charge on any atom is 0.158 e. The molecule has 0 amide bonds. The van der Waals surface area contributed by atoms with Gasteiger partial charge >= 0.3 is 0 Å². The van der Waals surface area contributed by atoms with Crippen molar-refractivity contribution in [2.45, 2.75) is 25.9 Å². The number of amidine groups is 1. The third kappa shape index (κ3) is 6.20. The summed E-state index contributed by atoms with van der Waals surface area (Å²) in [5.74, 6) is 0.692. The molecule has 114 valence electrons. The summed E-state index contributed by atoms with van der Waals surface area (Å²) < 4.78 is 19.5. The van der Waals surface area contributed by atoms with Crippen molar-refractivity contribution in [2.75, 3.05) is 12.4 Å². The number of halogens is 2. The maximum atomic E-state index is 13.2. The summed E-state index contributed by atoms with van der Waals surface area (Å²) >= 11 is 4.85. The highest BCUT2D eigenvalue weighted by Crippen LogP contribution is 2.19. The Labute approximate surface area is 137 Å². The van der Waals surface area contributed by atoms with Crippen LogP contribution in [0.3, 0.4) is 0 Å². The second kappa shape index (κ2) is 8.56. The highest BCUT2D eigenvalue weighted by Gasteiger charge is 2.05. The van der Waals surface area contributed by atoms with E-state index in [1.165, 1.54) is 17.7 Å². The first-order valence-corrected chi connectivity index (χ1v) is 8.58. The molecule has 2 rings (SSSR count). The Bertz CT molecular complexity index is 528. The van der Waals surface area contributed by atoms with Gasteiger partial charge in [0.05, 0.1) is 6.61 Å². The fourth-order valence-corrected chi connectivity index (χ4v) is 3.17. The minimum atomic E-state index is -0.246. The fourth-order valence-electron chi connectivity index (χ4n) is 1.97. The predicted octanol–water partition coefficient (Wildman–Crippen LogP) is 4.22. The Morgan fingerprint density at radius 3 is 2.90 bits per heavy atom. The molecule has 1 aromatic rings. The van der Waals surface area contributed by atoms with Crippen molar-refractivity contribution in [3.63, 3.8) is 0 Å². The van der Waals surface area contributed by atoms with Gasteiger partial charge in [-0.3, -0.25) is 0 Å². The van der Waals surface area contributed by atoms with Crippen LogP contribution in [-0.4, -0.2) is 17.5 Å². The van der Waals surface area contributed by atoms with Crippen LogP contribution in [0.5, 0.6) is 0 Å². The number of nitrogens with zero attached hydrogens (tertiary/aromatic N) is 1. The third-order valence-electron chi connectivity index (χ3n) is 3.01. The van der Waals surface area contributed by atoms with Crippen LogP contribution in [0.4, 0.5) is 4.39 Å². The Balaban J connectivity index is 1.60. The van der Waals surface area contributed by atoms with Crippen LogP contribution >= 0.6 is 27.7 Å². The summed E-state index contributed by atoms with van der Waals surface area (Å²) in [6, 6.07) is 4.81. The summed E-state index contributed by atoms with van der Waals surface area (Å²) in [5, 5.41) is 0.642. The second-order valence-corrected chi connectivity index (χ2v) is 6.74. The van der Waals surface area contributed by atoms with Gasteiger partial charge in [-0.25, -0.2) is 9.38 Å². The molecule has 0 atom stereocenters. The van der Waals surface area contributed by atoms with Crippen molar-refractivity contribution < 1.29 is 9.13 Å². The van der Waals surface area contributed by atoms with Crippen molar-refractivity contribution in [1.29, 1.82) is 0 Å². The van der Waals surface area contributed by atoms with Gasteiger partial charge in [-0.2, -0.15) is 0 Å². The minimum Gasteiger partial charge on any atom is -0.378 e.